The standard InChI is InChI=1S/C26H33FN2O3/c1-18-21(16-28-22-12-11-19(8-6-14-30)23(27)15-22)10-9-20-7-5-13-29(25(18)20)17-24(31)32-26(2,3)4/h9-12,14-15,28H,5-8,13,16-17H2,1-4H3. The van der Waals surface area contributed by atoms with Gasteiger partial charge in [0, 0.05) is 30.9 Å². The summed E-state index contributed by atoms with van der Waals surface area (Å²) in [5.41, 5.74) is 5.31. The van der Waals surface area contributed by atoms with Gasteiger partial charge in [-0.05, 0) is 81.3 Å². The number of benzene rings is 2. The van der Waals surface area contributed by atoms with Crippen LogP contribution in [-0.2, 0) is 33.7 Å². The van der Waals surface area contributed by atoms with Gasteiger partial charge >= 0.3 is 5.97 Å². The molecular weight excluding hydrogens is 407 g/mol. The molecule has 0 radical (unpaired) electrons. The van der Waals surface area contributed by atoms with Crippen molar-refractivity contribution in [3.8, 4) is 0 Å². The summed E-state index contributed by atoms with van der Waals surface area (Å²) in [5.74, 6) is -0.527. The summed E-state index contributed by atoms with van der Waals surface area (Å²) in [6.07, 6.45) is 3.52. The number of carbonyl (C=O) groups excluding carboxylic acids is 2. The zero-order valence-corrected chi connectivity index (χ0v) is 19.5. The number of fused-ring (bicyclic) bond motifs is 1. The fourth-order valence-corrected chi connectivity index (χ4v) is 4.16. The number of nitrogens with one attached hydrogen (secondary N) is 1. The van der Waals surface area contributed by atoms with E-state index in [2.05, 4.69) is 29.3 Å². The molecule has 1 N–H and O–H groups in total. The van der Waals surface area contributed by atoms with Crippen molar-refractivity contribution >= 4 is 23.6 Å². The molecular formula is C26H33FN2O3. The number of nitrogens with zero attached hydrogens (tertiary/aromatic N) is 1. The highest BCUT2D eigenvalue weighted by atomic mass is 19.1. The lowest BCUT2D eigenvalue weighted by molar-refractivity contribution is -0.153. The van der Waals surface area contributed by atoms with E-state index in [9.17, 15) is 14.0 Å². The van der Waals surface area contributed by atoms with Crippen molar-refractivity contribution < 1.29 is 18.7 Å². The Bertz CT molecular complexity index is 982. The van der Waals surface area contributed by atoms with Crippen LogP contribution in [0.2, 0.25) is 0 Å². The molecule has 5 nitrogen and oxygen atoms in total. The van der Waals surface area contributed by atoms with Crippen LogP contribution < -0.4 is 10.2 Å². The number of aryl methyl sites for hydroxylation is 2. The first-order valence-electron chi connectivity index (χ1n) is 11.2. The number of rotatable bonds is 8. The van der Waals surface area contributed by atoms with E-state index >= 15 is 0 Å². The molecule has 3 rings (SSSR count). The maximum atomic E-state index is 14.3. The predicted molar refractivity (Wildman–Crippen MR) is 126 cm³/mol. The van der Waals surface area contributed by atoms with Crippen LogP contribution in [0.3, 0.4) is 0 Å². The number of halogens is 1. The average Bonchev–Trinajstić information content (AvgIpc) is 2.71. The Morgan fingerprint density at radius 1 is 1.22 bits per heavy atom. The van der Waals surface area contributed by atoms with Crippen LogP contribution in [0.1, 0.15) is 55.9 Å². The summed E-state index contributed by atoms with van der Waals surface area (Å²) in [6, 6.07) is 9.27. The molecule has 0 spiro atoms. The molecule has 1 heterocycles. The van der Waals surface area contributed by atoms with Gasteiger partial charge in [0.15, 0.2) is 0 Å². The molecule has 0 aliphatic carbocycles. The van der Waals surface area contributed by atoms with Gasteiger partial charge in [0.05, 0.1) is 0 Å². The summed E-state index contributed by atoms with van der Waals surface area (Å²) >= 11 is 0. The molecule has 0 atom stereocenters. The third kappa shape index (κ3) is 6.09. The van der Waals surface area contributed by atoms with Crippen LogP contribution in [0.4, 0.5) is 15.8 Å². The number of hydrogen-bond acceptors (Lipinski definition) is 5. The van der Waals surface area contributed by atoms with E-state index in [0.29, 0.717) is 30.6 Å². The highest BCUT2D eigenvalue weighted by Crippen LogP contribution is 2.33. The Morgan fingerprint density at radius 2 is 1.97 bits per heavy atom. The Balaban J connectivity index is 1.73. The molecule has 1 aliphatic rings. The molecule has 0 amide bonds. The smallest absolute Gasteiger partial charge is 0.326 e. The first-order valence-corrected chi connectivity index (χ1v) is 11.2. The van der Waals surface area contributed by atoms with E-state index in [-0.39, 0.29) is 18.3 Å². The molecule has 0 fully saturated rings. The first-order chi connectivity index (χ1) is 15.2. The van der Waals surface area contributed by atoms with Crippen LogP contribution in [-0.4, -0.2) is 30.9 Å². The second kappa shape index (κ2) is 10.2. The molecule has 0 unspecified atom stereocenters. The highest BCUT2D eigenvalue weighted by Gasteiger charge is 2.25. The predicted octanol–water partition coefficient (Wildman–Crippen LogP) is 4.97. The topological polar surface area (TPSA) is 58.6 Å². The number of hydrogen-bond donors (Lipinski definition) is 1. The van der Waals surface area contributed by atoms with Gasteiger partial charge in [-0.3, -0.25) is 4.79 Å². The fraction of sp³-hybridized carbons (Fsp3) is 0.462. The minimum absolute atomic E-state index is 0.224. The van der Waals surface area contributed by atoms with Crippen molar-refractivity contribution in [1.82, 2.24) is 0 Å². The normalized spacial score (nSPS) is 13.5. The van der Waals surface area contributed by atoms with E-state index in [1.807, 2.05) is 26.8 Å². The summed E-state index contributed by atoms with van der Waals surface area (Å²) in [7, 11) is 0. The van der Waals surface area contributed by atoms with Gasteiger partial charge in [-0.2, -0.15) is 0 Å². The summed E-state index contributed by atoms with van der Waals surface area (Å²) in [4.78, 5) is 25.1. The van der Waals surface area contributed by atoms with Gasteiger partial charge in [0.1, 0.15) is 24.2 Å². The summed E-state index contributed by atoms with van der Waals surface area (Å²) < 4.78 is 19.8. The van der Waals surface area contributed by atoms with Gasteiger partial charge < -0.3 is 19.7 Å². The van der Waals surface area contributed by atoms with Crippen molar-refractivity contribution in [2.24, 2.45) is 0 Å². The Labute approximate surface area is 190 Å². The highest BCUT2D eigenvalue weighted by molar-refractivity contribution is 5.78. The number of anilines is 2. The largest absolute Gasteiger partial charge is 0.459 e. The minimum Gasteiger partial charge on any atom is -0.459 e. The first kappa shape index (κ1) is 23.8. The van der Waals surface area contributed by atoms with Crippen LogP contribution in [0.15, 0.2) is 30.3 Å². The Kier molecular flexibility index (Phi) is 7.54. The van der Waals surface area contributed by atoms with Gasteiger partial charge in [-0.1, -0.05) is 18.2 Å². The molecule has 6 heteroatoms. The van der Waals surface area contributed by atoms with Gasteiger partial charge in [-0.15, -0.1) is 0 Å². The molecule has 2 aromatic carbocycles. The molecule has 172 valence electrons. The van der Waals surface area contributed by atoms with Crippen LogP contribution >= 0.6 is 0 Å². The van der Waals surface area contributed by atoms with Crippen molar-refractivity contribution in [2.75, 3.05) is 23.3 Å². The maximum Gasteiger partial charge on any atom is 0.326 e. The third-order valence-electron chi connectivity index (χ3n) is 5.62. The second-order valence-corrected chi connectivity index (χ2v) is 9.33. The number of aldehydes is 1. The number of carbonyl (C=O) groups is 2. The van der Waals surface area contributed by atoms with Crippen molar-refractivity contribution in [2.45, 2.75) is 65.5 Å². The minimum atomic E-state index is -0.505. The molecule has 0 saturated heterocycles. The van der Waals surface area contributed by atoms with Crippen LogP contribution in [0, 0.1) is 12.7 Å². The lowest BCUT2D eigenvalue weighted by Crippen LogP contribution is -2.38. The van der Waals surface area contributed by atoms with E-state index < -0.39 is 5.60 Å². The monoisotopic (exact) mass is 440 g/mol. The lowest BCUT2D eigenvalue weighted by Gasteiger charge is -2.34. The quantitative estimate of drug-likeness (QED) is 0.464. The van der Waals surface area contributed by atoms with Crippen LogP contribution in [0.5, 0.6) is 0 Å². The number of ether oxygens (including phenoxy) is 1. The zero-order chi connectivity index (χ0) is 23.3. The molecule has 1 aliphatic heterocycles. The Hall–Kier alpha value is -2.89. The van der Waals surface area contributed by atoms with Crippen LogP contribution in [0.25, 0.3) is 0 Å². The van der Waals surface area contributed by atoms with E-state index in [4.69, 9.17) is 4.74 Å². The van der Waals surface area contributed by atoms with E-state index in [1.165, 1.54) is 11.6 Å². The van der Waals surface area contributed by atoms with Crippen molar-refractivity contribution in [1.29, 1.82) is 0 Å². The molecule has 32 heavy (non-hydrogen) atoms. The SMILES string of the molecule is Cc1c(CNc2ccc(CCC=O)c(F)c2)ccc2c1N(CC(=O)OC(C)(C)C)CCC2. The average molecular weight is 441 g/mol. The molecule has 0 aromatic heterocycles. The van der Waals surface area contributed by atoms with Gasteiger partial charge in [-0.25, -0.2) is 4.39 Å². The fourth-order valence-electron chi connectivity index (χ4n) is 4.16. The van der Waals surface area contributed by atoms with E-state index in [1.54, 1.807) is 6.07 Å². The molecule has 0 bridgehead atoms. The lowest BCUT2D eigenvalue weighted by atomic mass is 9.94. The van der Waals surface area contributed by atoms with E-state index in [0.717, 1.165) is 42.5 Å². The summed E-state index contributed by atoms with van der Waals surface area (Å²) in [5, 5.41) is 3.30. The van der Waals surface area contributed by atoms with Crippen molar-refractivity contribution in [3.05, 3.63) is 58.4 Å². The number of esters is 1. The van der Waals surface area contributed by atoms with Crippen molar-refractivity contribution in [3.63, 3.8) is 0 Å². The second-order valence-electron chi connectivity index (χ2n) is 9.33. The zero-order valence-electron chi connectivity index (χ0n) is 19.5. The third-order valence-corrected chi connectivity index (χ3v) is 5.62. The summed E-state index contributed by atoms with van der Waals surface area (Å²) in [6.45, 7) is 9.30. The van der Waals surface area contributed by atoms with Gasteiger partial charge in [0.2, 0.25) is 0 Å². The van der Waals surface area contributed by atoms with Gasteiger partial charge in [0.25, 0.3) is 0 Å². The molecule has 0 saturated carbocycles. The Morgan fingerprint density at radius 3 is 2.66 bits per heavy atom. The molecule has 2 aromatic rings. The maximum absolute atomic E-state index is 14.3.